The van der Waals surface area contributed by atoms with Gasteiger partial charge < -0.3 is 15.4 Å². The fourth-order valence-corrected chi connectivity index (χ4v) is 2.48. The maximum Gasteiger partial charge on any atom is 0.337 e. The van der Waals surface area contributed by atoms with Crippen LogP contribution in [0.5, 0.6) is 0 Å². The van der Waals surface area contributed by atoms with E-state index in [2.05, 4.69) is 15.4 Å². The molecule has 1 aliphatic heterocycles. The largest absolute Gasteiger partial charge is 0.465 e. The number of hydrogen-bond donors (Lipinski definition) is 2. The van der Waals surface area contributed by atoms with Crippen LogP contribution in [0, 0.1) is 0 Å². The van der Waals surface area contributed by atoms with Gasteiger partial charge in [0.2, 0.25) is 5.91 Å². The first-order valence-corrected chi connectivity index (χ1v) is 7.01. The van der Waals surface area contributed by atoms with Crippen molar-refractivity contribution >= 4 is 23.3 Å². The number of carbonyl (C=O) groups is 2. The number of nitrogens with one attached hydrogen (secondary N) is 2. The van der Waals surface area contributed by atoms with Crippen molar-refractivity contribution in [1.82, 2.24) is 0 Å². The number of carbonyl (C=O) groups excluding carboxylic acids is 2. The minimum absolute atomic E-state index is 0.113. The van der Waals surface area contributed by atoms with E-state index < -0.39 is 5.97 Å². The molecule has 5 heteroatoms. The molecule has 0 unspecified atom stereocenters. The number of fused-ring (bicyclic) bond motifs is 1. The van der Waals surface area contributed by atoms with Crippen LogP contribution in [0.1, 0.15) is 15.9 Å². The van der Waals surface area contributed by atoms with Gasteiger partial charge in [-0.2, -0.15) is 0 Å². The van der Waals surface area contributed by atoms with Crippen molar-refractivity contribution in [2.75, 3.05) is 17.7 Å². The average Bonchev–Trinajstić information content (AvgIpc) is 2.55. The van der Waals surface area contributed by atoms with Crippen LogP contribution in [0.4, 0.5) is 11.4 Å². The van der Waals surface area contributed by atoms with E-state index in [1.54, 1.807) is 18.2 Å². The molecule has 1 heterocycles. The second-order valence-corrected chi connectivity index (χ2v) is 5.13. The number of hydrogen-bond acceptors (Lipinski definition) is 4. The van der Waals surface area contributed by atoms with Crippen LogP contribution in [0.15, 0.2) is 48.5 Å². The molecule has 5 nitrogen and oxygen atoms in total. The summed E-state index contributed by atoms with van der Waals surface area (Å²) in [4.78, 5) is 23.8. The zero-order valence-corrected chi connectivity index (χ0v) is 12.1. The van der Waals surface area contributed by atoms with Gasteiger partial charge in [-0.05, 0) is 23.8 Å². The Hall–Kier alpha value is -2.82. The van der Waals surface area contributed by atoms with Crippen molar-refractivity contribution in [3.8, 4) is 0 Å². The molecule has 1 aliphatic rings. The molecule has 0 fully saturated rings. The Kier molecular flexibility index (Phi) is 3.78. The van der Waals surface area contributed by atoms with E-state index in [-0.39, 0.29) is 11.9 Å². The molecule has 22 heavy (non-hydrogen) atoms. The SMILES string of the molecule is COC(=O)c1ccc2c(c1)NC(=O)[C@H](Cc1ccccc1)N2. The quantitative estimate of drug-likeness (QED) is 0.854. The smallest absolute Gasteiger partial charge is 0.337 e. The highest BCUT2D eigenvalue weighted by Gasteiger charge is 2.26. The minimum Gasteiger partial charge on any atom is -0.465 e. The van der Waals surface area contributed by atoms with Gasteiger partial charge in [0, 0.05) is 6.42 Å². The maximum atomic E-state index is 12.2. The Morgan fingerprint density at radius 3 is 2.64 bits per heavy atom. The van der Waals surface area contributed by atoms with Crippen molar-refractivity contribution in [3.05, 3.63) is 59.7 Å². The second-order valence-electron chi connectivity index (χ2n) is 5.13. The van der Waals surface area contributed by atoms with E-state index in [4.69, 9.17) is 0 Å². The zero-order valence-electron chi connectivity index (χ0n) is 12.1. The molecule has 0 saturated carbocycles. The number of anilines is 2. The second kappa shape index (κ2) is 5.89. The molecule has 0 saturated heterocycles. The molecule has 0 spiro atoms. The summed E-state index contributed by atoms with van der Waals surface area (Å²) in [6, 6.07) is 14.6. The Bertz CT molecular complexity index is 713. The first kappa shape index (κ1) is 14.1. The maximum absolute atomic E-state index is 12.2. The van der Waals surface area contributed by atoms with Gasteiger partial charge in [0.15, 0.2) is 0 Å². The molecule has 0 radical (unpaired) electrons. The third-order valence-electron chi connectivity index (χ3n) is 3.63. The molecule has 0 aromatic heterocycles. The summed E-state index contributed by atoms with van der Waals surface area (Å²) >= 11 is 0. The summed E-state index contributed by atoms with van der Waals surface area (Å²) in [7, 11) is 1.33. The molecule has 3 rings (SSSR count). The van der Waals surface area contributed by atoms with E-state index in [0.29, 0.717) is 17.7 Å². The van der Waals surface area contributed by atoms with Gasteiger partial charge in [-0.3, -0.25) is 4.79 Å². The van der Waals surface area contributed by atoms with E-state index >= 15 is 0 Å². The first-order valence-electron chi connectivity index (χ1n) is 7.01. The lowest BCUT2D eigenvalue weighted by molar-refractivity contribution is -0.117. The number of rotatable bonds is 3. The van der Waals surface area contributed by atoms with Crippen molar-refractivity contribution in [1.29, 1.82) is 0 Å². The van der Waals surface area contributed by atoms with Crippen molar-refractivity contribution < 1.29 is 14.3 Å². The normalized spacial score (nSPS) is 16.2. The molecule has 2 aromatic carbocycles. The fourth-order valence-electron chi connectivity index (χ4n) is 2.48. The molecule has 0 bridgehead atoms. The van der Waals surface area contributed by atoms with Gasteiger partial charge in [0.25, 0.3) is 0 Å². The van der Waals surface area contributed by atoms with Gasteiger partial charge in [-0.1, -0.05) is 30.3 Å². The van der Waals surface area contributed by atoms with Crippen molar-refractivity contribution in [3.63, 3.8) is 0 Å². The summed E-state index contributed by atoms with van der Waals surface area (Å²) in [6.07, 6.45) is 0.602. The topological polar surface area (TPSA) is 67.4 Å². The van der Waals surface area contributed by atoms with E-state index in [1.165, 1.54) is 7.11 Å². The summed E-state index contributed by atoms with van der Waals surface area (Å²) in [5.74, 6) is -0.540. The van der Waals surface area contributed by atoms with Gasteiger partial charge in [0.05, 0.1) is 24.0 Å². The van der Waals surface area contributed by atoms with Crippen LogP contribution < -0.4 is 10.6 Å². The van der Waals surface area contributed by atoms with Crippen LogP contribution in [-0.2, 0) is 16.0 Å². The zero-order chi connectivity index (χ0) is 15.5. The Morgan fingerprint density at radius 2 is 1.91 bits per heavy atom. The highest BCUT2D eigenvalue weighted by Crippen LogP contribution is 2.29. The van der Waals surface area contributed by atoms with Gasteiger partial charge in [-0.15, -0.1) is 0 Å². The van der Waals surface area contributed by atoms with Crippen LogP contribution in [-0.4, -0.2) is 25.0 Å². The molecule has 112 valence electrons. The fraction of sp³-hybridized carbons (Fsp3) is 0.176. The lowest BCUT2D eigenvalue weighted by Crippen LogP contribution is -2.40. The summed E-state index contributed by atoms with van der Waals surface area (Å²) < 4.78 is 4.68. The standard InChI is InChI=1S/C17H16N2O3/c1-22-17(21)12-7-8-13-14(10-12)19-16(20)15(18-13)9-11-5-3-2-4-6-11/h2-8,10,15,18H,9H2,1H3,(H,19,20)/t15-/m0/s1. The molecule has 2 aromatic rings. The highest BCUT2D eigenvalue weighted by molar-refractivity contribution is 6.04. The summed E-state index contributed by atoms with van der Waals surface area (Å²) in [5, 5.41) is 6.06. The predicted molar refractivity (Wildman–Crippen MR) is 84.0 cm³/mol. The Labute approximate surface area is 128 Å². The Morgan fingerprint density at radius 1 is 1.14 bits per heavy atom. The van der Waals surface area contributed by atoms with Gasteiger partial charge >= 0.3 is 5.97 Å². The monoisotopic (exact) mass is 296 g/mol. The summed E-state index contributed by atoms with van der Waals surface area (Å²) in [6.45, 7) is 0. The van der Waals surface area contributed by atoms with Crippen LogP contribution >= 0.6 is 0 Å². The molecule has 2 N–H and O–H groups in total. The molecular formula is C17H16N2O3. The molecule has 1 amide bonds. The predicted octanol–water partition coefficient (Wildman–Crippen LogP) is 2.45. The van der Waals surface area contributed by atoms with Gasteiger partial charge in [-0.25, -0.2) is 4.79 Å². The highest BCUT2D eigenvalue weighted by atomic mass is 16.5. The van der Waals surface area contributed by atoms with Crippen molar-refractivity contribution in [2.45, 2.75) is 12.5 Å². The third kappa shape index (κ3) is 2.79. The lowest BCUT2D eigenvalue weighted by atomic mass is 10.0. The van der Waals surface area contributed by atoms with Gasteiger partial charge in [0.1, 0.15) is 6.04 Å². The van der Waals surface area contributed by atoms with E-state index in [0.717, 1.165) is 11.3 Å². The van der Waals surface area contributed by atoms with Crippen molar-refractivity contribution in [2.24, 2.45) is 0 Å². The molecule has 0 aliphatic carbocycles. The number of methoxy groups -OCH3 is 1. The number of amides is 1. The number of benzene rings is 2. The van der Waals surface area contributed by atoms with E-state index in [9.17, 15) is 9.59 Å². The average molecular weight is 296 g/mol. The van der Waals surface area contributed by atoms with Crippen LogP contribution in [0.2, 0.25) is 0 Å². The first-order chi connectivity index (χ1) is 10.7. The molecular weight excluding hydrogens is 280 g/mol. The summed E-state index contributed by atoms with van der Waals surface area (Å²) in [5.41, 5.74) is 2.89. The lowest BCUT2D eigenvalue weighted by Gasteiger charge is -2.27. The van der Waals surface area contributed by atoms with E-state index in [1.807, 2.05) is 30.3 Å². The Balaban J connectivity index is 1.81. The molecule has 1 atom stereocenters. The van der Waals surface area contributed by atoms with Crippen LogP contribution in [0.25, 0.3) is 0 Å². The number of esters is 1. The van der Waals surface area contributed by atoms with Crippen LogP contribution in [0.3, 0.4) is 0 Å². The minimum atomic E-state index is -0.427. The number of ether oxygens (including phenoxy) is 1. The third-order valence-corrected chi connectivity index (χ3v) is 3.63.